The first-order valence-corrected chi connectivity index (χ1v) is 12.0. The number of hydrogen-bond acceptors (Lipinski definition) is 7. The predicted molar refractivity (Wildman–Crippen MR) is 119 cm³/mol. The van der Waals surface area contributed by atoms with Crippen molar-refractivity contribution >= 4 is 17.3 Å². The van der Waals surface area contributed by atoms with Crippen LogP contribution in [0.15, 0.2) is 10.2 Å². The summed E-state index contributed by atoms with van der Waals surface area (Å²) in [6.07, 6.45) is 4.04. The minimum absolute atomic E-state index is 0.0600. The van der Waals surface area contributed by atoms with Crippen molar-refractivity contribution in [3.8, 4) is 0 Å². The van der Waals surface area contributed by atoms with Crippen molar-refractivity contribution in [3.05, 3.63) is 37.7 Å². The number of nitrogens with zero attached hydrogens (tertiary/aromatic N) is 4. The maximum atomic E-state index is 12.8. The maximum absolute atomic E-state index is 12.8. The van der Waals surface area contributed by atoms with E-state index < -0.39 is 0 Å². The molecule has 4 heterocycles. The molecule has 0 amide bonds. The van der Waals surface area contributed by atoms with Gasteiger partial charge < -0.3 is 9.64 Å². The summed E-state index contributed by atoms with van der Waals surface area (Å²) in [6.45, 7) is 10.4. The van der Waals surface area contributed by atoms with Gasteiger partial charge in [-0.1, -0.05) is 13.8 Å². The van der Waals surface area contributed by atoms with Crippen LogP contribution in [0.5, 0.6) is 0 Å². The quantitative estimate of drug-likeness (QED) is 0.806. The largest absolute Gasteiger partial charge is 0.378 e. The molecule has 1 aliphatic carbocycles. The molecule has 1 N–H and O–H groups in total. The molecule has 1 spiro atoms. The van der Waals surface area contributed by atoms with Crippen LogP contribution in [-0.4, -0.2) is 59.2 Å². The summed E-state index contributed by atoms with van der Waals surface area (Å²) in [5, 5.41) is 3.41. The van der Waals surface area contributed by atoms with Crippen LogP contribution in [0.25, 0.3) is 0 Å². The molecule has 3 aliphatic rings. The molecular weight excluding hydrogens is 398 g/mol. The number of H-pyrrole nitrogens is 1. The zero-order chi connectivity index (χ0) is 20.7. The molecule has 0 saturated carbocycles. The number of fused-ring (bicyclic) bond motifs is 2. The number of rotatable bonds is 4. The van der Waals surface area contributed by atoms with E-state index in [1.807, 2.05) is 0 Å². The summed E-state index contributed by atoms with van der Waals surface area (Å²) in [5.41, 5.74) is 3.32. The van der Waals surface area contributed by atoms with Crippen molar-refractivity contribution in [2.24, 2.45) is 0 Å². The molecule has 2 aromatic heterocycles. The first-order chi connectivity index (χ1) is 14.5. The molecule has 0 atom stereocenters. The number of hydrogen-bond donors (Lipinski definition) is 1. The van der Waals surface area contributed by atoms with E-state index in [9.17, 15) is 4.79 Å². The number of aromatic amines is 1. The van der Waals surface area contributed by atoms with Crippen LogP contribution in [-0.2, 0) is 23.1 Å². The fraction of sp³-hybridized carbons (Fsp3) is 0.682. The van der Waals surface area contributed by atoms with E-state index in [1.54, 1.807) is 11.3 Å². The molecule has 7 nitrogen and oxygen atoms in total. The number of aromatic nitrogens is 3. The monoisotopic (exact) mass is 429 g/mol. The molecule has 2 aromatic rings. The Kier molecular flexibility index (Phi) is 5.41. The molecule has 0 bridgehead atoms. The second kappa shape index (κ2) is 8.05. The maximum Gasteiger partial charge on any atom is 0.255 e. The van der Waals surface area contributed by atoms with Crippen LogP contribution in [0.3, 0.4) is 0 Å². The number of morpholine rings is 1. The third kappa shape index (κ3) is 3.69. The molecule has 2 saturated heterocycles. The van der Waals surface area contributed by atoms with E-state index in [0.717, 1.165) is 75.6 Å². The Morgan fingerprint density at radius 1 is 1.17 bits per heavy atom. The highest BCUT2D eigenvalue weighted by Gasteiger charge is 2.44. The SMILES string of the molecule is CC(C)c1csc(CN2CCC3(CCc4c3nc(N3CCOCC3)[nH]c4=O)CC2)n1. The van der Waals surface area contributed by atoms with E-state index >= 15 is 0 Å². The number of likely N-dealkylation sites (tertiary alicyclic amines) is 1. The summed E-state index contributed by atoms with van der Waals surface area (Å²) < 4.78 is 5.46. The van der Waals surface area contributed by atoms with Crippen LogP contribution in [0.2, 0.25) is 0 Å². The third-order valence-corrected chi connectivity index (χ3v) is 7.85. The Hall–Kier alpha value is -1.77. The van der Waals surface area contributed by atoms with E-state index in [2.05, 4.69) is 34.0 Å². The van der Waals surface area contributed by atoms with Gasteiger partial charge in [-0.05, 0) is 44.7 Å². The Morgan fingerprint density at radius 3 is 2.63 bits per heavy atom. The summed E-state index contributed by atoms with van der Waals surface area (Å²) >= 11 is 1.78. The molecule has 5 rings (SSSR count). The van der Waals surface area contributed by atoms with Gasteiger partial charge in [0.05, 0.1) is 31.1 Å². The van der Waals surface area contributed by atoms with E-state index in [-0.39, 0.29) is 11.0 Å². The van der Waals surface area contributed by atoms with Gasteiger partial charge in [0.15, 0.2) is 0 Å². The molecule has 162 valence electrons. The van der Waals surface area contributed by atoms with Gasteiger partial charge in [-0.25, -0.2) is 9.97 Å². The van der Waals surface area contributed by atoms with Crippen LogP contribution in [0, 0.1) is 0 Å². The fourth-order valence-electron chi connectivity index (χ4n) is 5.04. The van der Waals surface area contributed by atoms with E-state index in [4.69, 9.17) is 14.7 Å². The second-order valence-electron chi connectivity index (χ2n) is 9.19. The van der Waals surface area contributed by atoms with Crippen LogP contribution in [0.1, 0.15) is 61.0 Å². The third-order valence-electron chi connectivity index (χ3n) is 7.00. The van der Waals surface area contributed by atoms with Crippen LogP contribution >= 0.6 is 11.3 Å². The topological polar surface area (TPSA) is 74.3 Å². The normalized spacial score (nSPS) is 21.5. The van der Waals surface area contributed by atoms with Crippen molar-refractivity contribution < 1.29 is 4.74 Å². The Morgan fingerprint density at radius 2 is 1.93 bits per heavy atom. The minimum Gasteiger partial charge on any atom is -0.378 e. The lowest BCUT2D eigenvalue weighted by molar-refractivity contribution is 0.122. The molecule has 0 aromatic carbocycles. The molecule has 30 heavy (non-hydrogen) atoms. The fourth-order valence-corrected chi connectivity index (χ4v) is 6.04. The van der Waals surface area contributed by atoms with Crippen molar-refractivity contribution in [1.29, 1.82) is 0 Å². The standard InChI is InChI=1S/C22H31N5O2S/c1-15(2)17-14-30-18(23-17)13-26-7-5-22(6-8-26)4-3-16-19(22)24-21(25-20(16)28)27-9-11-29-12-10-27/h14-15H,3-13H2,1-2H3,(H,24,25,28). The highest BCUT2D eigenvalue weighted by Crippen LogP contribution is 2.44. The van der Waals surface area contributed by atoms with Gasteiger partial charge in [0.25, 0.3) is 5.56 Å². The Balaban J connectivity index is 1.31. The Labute approximate surface area is 181 Å². The molecular formula is C22H31N5O2S. The average Bonchev–Trinajstić information content (AvgIpc) is 3.36. The van der Waals surface area contributed by atoms with Gasteiger partial charge in [-0.15, -0.1) is 11.3 Å². The van der Waals surface area contributed by atoms with Crippen LogP contribution in [0.4, 0.5) is 5.95 Å². The first kappa shape index (κ1) is 20.2. The van der Waals surface area contributed by atoms with Gasteiger partial charge in [0, 0.05) is 29.4 Å². The summed E-state index contributed by atoms with van der Waals surface area (Å²) in [5.74, 6) is 1.22. The molecule has 2 fully saturated rings. The van der Waals surface area contributed by atoms with Gasteiger partial charge in [-0.2, -0.15) is 0 Å². The van der Waals surface area contributed by atoms with Gasteiger partial charge in [0.1, 0.15) is 5.01 Å². The van der Waals surface area contributed by atoms with Crippen molar-refractivity contribution in [1.82, 2.24) is 19.9 Å². The smallest absolute Gasteiger partial charge is 0.255 e. The number of thiazole rings is 1. The van der Waals surface area contributed by atoms with Gasteiger partial charge in [-0.3, -0.25) is 14.7 Å². The second-order valence-corrected chi connectivity index (χ2v) is 10.1. The van der Waals surface area contributed by atoms with Gasteiger partial charge >= 0.3 is 0 Å². The van der Waals surface area contributed by atoms with Crippen LogP contribution < -0.4 is 10.5 Å². The minimum atomic E-state index is 0.0600. The van der Waals surface area contributed by atoms with Crippen molar-refractivity contribution in [2.75, 3.05) is 44.3 Å². The zero-order valence-corrected chi connectivity index (χ0v) is 18.8. The lowest BCUT2D eigenvalue weighted by atomic mass is 9.76. The molecule has 8 heteroatoms. The van der Waals surface area contributed by atoms with Crippen molar-refractivity contribution in [2.45, 2.75) is 57.4 Å². The summed E-state index contributed by atoms with van der Waals surface area (Å²) in [4.78, 5) is 30.3. The number of piperidine rings is 1. The van der Waals surface area contributed by atoms with Gasteiger partial charge in [0.2, 0.25) is 5.95 Å². The summed E-state index contributed by atoms with van der Waals surface area (Å²) in [6, 6.07) is 0. The molecule has 2 aliphatic heterocycles. The number of nitrogens with one attached hydrogen (secondary N) is 1. The van der Waals surface area contributed by atoms with Crippen molar-refractivity contribution in [3.63, 3.8) is 0 Å². The first-order valence-electron chi connectivity index (χ1n) is 11.2. The lowest BCUT2D eigenvalue weighted by Crippen LogP contribution is -2.43. The highest BCUT2D eigenvalue weighted by atomic mass is 32.1. The van der Waals surface area contributed by atoms with E-state index in [0.29, 0.717) is 19.1 Å². The molecule has 0 radical (unpaired) electrons. The van der Waals surface area contributed by atoms with E-state index in [1.165, 1.54) is 10.7 Å². The predicted octanol–water partition coefficient (Wildman–Crippen LogP) is 2.67. The average molecular weight is 430 g/mol. The highest BCUT2D eigenvalue weighted by molar-refractivity contribution is 7.09. The zero-order valence-electron chi connectivity index (χ0n) is 17.9. The summed E-state index contributed by atoms with van der Waals surface area (Å²) in [7, 11) is 0. The number of anilines is 1. The lowest BCUT2D eigenvalue weighted by Gasteiger charge is -2.39. The molecule has 0 unspecified atom stereocenters. The number of ether oxygens (including phenoxy) is 1. The Bertz CT molecular complexity index is 955.